The summed E-state index contributed by atoms with van der Waals surface area (Å²) < 4.78 is 11.2. The van der Waals surface area contributed by atoms with Crippen molar-refractivity contribution in [2.75, 3.05) is 5.73 Å². The molecular weight excluding hydrogens is 352 g/mol. The van der Waals surface area contributed by atoms with Crippen LogP contribution in [0.25, 0.3) is 11.3 Å². The molecular formula is C22H20N4O2. The Bertz CT molecular complexity index is 1070. The van der Waals surface area contributed by atoms with E-state index in [1.807, 2.05) is 55.5 Å². The van der Waals surface area contributed by atoms with Crippen LogP contribution in [0.2, 0.25) is 0 Å². The van der Waals surface area contributed by atoms with Crippen molar-refractivity contribution in [2.45, 2.75) is 20.0 Å². The zero-order valence-electron chi connectivity index (χ0n) is 15.5. The molecule has 28 heavy (non-hydrogen) atoms. The third-order valence-electron chi connectivity index (χ3n) is 4.32. The lowest BCUT2D eigenvalue weighted by molar-refractivity contribution is 0.293. The van der Waals surface area contributed by atoms with Crippen molar-refractivity contribution < 1.29 is 9.26 Å². The van der Waals surface area contributed by atoms with Crippen LogP contribution in [0.3, 0.4) is 0 Å². The lowest BCUT2D eigenvalue weighted by Crippen LogP contribution is -1.98. The molecule has 1 aromatic carbocycles. The Labute approximate surface area is 163 Å². The molecule has 0 saturated carbocycles. The van der Waals surface area contributed by atoms with E-state index in [0.29, 0.717) is 30.5 Å². The second-order valence-corrected chi connectivity index (χ2v) is 6.52. The number of hydrogen-bond acceptors (Lipinski definition) is 6. The number of rotatable bonds is 6. The molecule has 3 heterocycles. The molecule has 0 fully saturated rings. The highest BCUT2D eigenvalue weighted by Crippen LogP contribution is 2.25. The minimum Gasteiger partial charge on any atom is -0.473 e. The minimum absolute atomic E-state index is 0.428. The van der Waals surface area contributed by atoms with Gasteiger partial charge in [0.2, 0.25) is 5.88 Å². The molecule has 0 aliphatic rings. The molecule has 0 radical (unpaired) electrons. The van der Waals surface area contributed by atoms with Gasteiger partial charge in [-0.3, -0.25) is 0 Å². The molecule has 0 atom stereocenters. The molecule has 140 valence electrons. The lowest BCUT2D eigenvalue weighted by atomic mass is 10.1. The number of ether oxygens (including phenoxy) is 1. The maximum absolute atomic E-state index is 5.89. The van der Waals surface area contributed by atoms with Crippen LogP contribution >= 0.6 is 0 Å². The Balaban J connectivity index is 1.39. The number of pyridine rings is 2. The van der Waals surface area contributed by atoms with E-state index < -0.39 is 0 Å². The van der Waals surface area contributed by atoms with Crippen molar-refractivity contribution in [2.24, 2.45) is 0 Å². The summed E-state index contributed by atoms with van der Waals surface area (Å²) >= 11 is 0. The van der Waals surface area contributed by atoms with Crippen LogP contribution in [0, 0.1) is 6.92 Å². The van der Waals surface area contributed by atoms with Gasteiger partial charge in [-0.05, 0) is 36.2 Å². The van der Waals surface area contributed by atoms with E-state index in [9.17, 15) is 0 Å². The average molecular weight is 372 g/mol. The van der Waals surface area contributed by atoms with Gasteiger partial charge in [-0.25, -0.2) is 9.97 Å². The number of anilines is 1. The summed E-state index contributed by atoms with van der Waals surface area (Å²) in [5.74, 6) is 1.68. The minimum atomic E-state index is 0.428. The Morgan fingerprint density at radius 3 is 2.61 bits per heavy atom. The molecule has 2 N–H and O–H groups in total. The number of aromatic nitrogens is 3. The van der Waals surface area contributed by atoms with Gasteiger partial charge in [0.15, 0.2) is 5.76 Å². The van der Waals surface area contributed by atoms with Gasteiger partial charge in [0, 0.05) is 30.4 Å². The second-order valence-electron chi connectivity index (χ2n) is 6.52. The first-order valence-corrected chi connectivity index (χ1v) is 8.98. The van der Waals surface area contributed by atoms with Gasteiger partial charge in [-0.15, -0.1) is 0 Å². The fraction of sp³-hybridized carbons (Fsp3) is 0.136. The van der Waals surface area contributed by atoms with Crippen LogP contribution < -0.4 is 10.5 Å². The number of nitrogens with two attached hydrogens (primary N) is 1. The van der Waals surface area contributed by atoms with Crippen LogP contribution in [0.4, 0.5) is 5.82 Å². The fourth-order valence-corrected chi connectivity index (χ4v) is 2.87. The lowest BCUT2D eigenvalue weighted by Gasteiger charge is -2.06. The molecule has 0 aliphatic heterocycles. The molecule has 4 rings (SSSR count). The summed E-state index contributed by atoms with van der Waals surface area (Å²) in [6, 6.07) is 19.5. The first-order valence-electron chi connectivity index (χ1n) is 8.98. The summed E-state index contributed by atoms with van der Waals surface area (Å²) in [5, 5.41) is 4.14. The van der Waals surface area contributed by atoms with Gasteiger partial charge in [0.05, 0.1) is 11.3 Å². The first kappa shape index (κ1) is 17.7. The van der Waals surface area contributed by atoms with Crippen LogP contribution in [-0.4, -0.2) is 15.1 Å². The Hall–Kier alpha value is -3.67. The van der Waals surface area contributed by atoms with Crippen LogP contribution in [-0.2, 0) is 13.0 Å². The molecule has 0 bridgehead atoms. The summed E-state index contributed by atoms with van der Waals surface area (Å²) in [6.45, 7) is 2.42. The zero-order chi connectivity index (χ0) is 19.3. The van der Waals surface area contributed by atoms with Crippen LogP contribution in [0.15, 0.2) is 71.4 Å². The normalized spacial score (nSPS) is 10.8. The van der Waals surface area contributed by atoms with E-state index in [4.69, 9.17) is 15.0 Å². The third kappa shape index (κ3) is 4.17. The van der Waals surface area contributed by atoms with E-state index in [1.165, 1.54) is 0 Å². The van der Waals surface area contributed by atoms with E-state index in [1.54, 1.807) is 6.20 Å². The van der Waals surface area contributed by atoms with Crippen LogP contribution in [0.5, 0.6) is 5.88 Å². The molecule has 6 heteroatoms. The SMILES string of the molecule is Cc1cccc(OCc2ccc(Cc3cc(-c4cccnc4N)on3)cc2)n1. The Kier molecular flexibility index (Phi) is 5.01. The van der Waals surface area contributed by atoms with Gasteiger partial charge in [0.1, 0.15) is 12.4 Å². The van der Waals surface area contributed by atoms with Crippen molar-refractivity contribution in [3.8, 4) is 17.2 Å². The predicted octanol–water partition coefficient (Wildman–Crippen LogP) is 4.19. The Morgan fingerprint density at radius 2 is 1.82 bits per heavy atom. The maximum atomic E-state index is 5.89. The predicted molar refractivity (Wildman–Crippen MR) is 107 cm³/mol. The van der Waals surface area contributed by atoms with Crippen molar-refractivity contribution >= 4 is 5.82 Å². The first-order chi connectivity index (χ1) is 13.7. The number of hydrogen-bond donors (Lipinski definition) is 1. The van der Waals surface area contributed by atoms with Crippen molar-refractivity contribution in [1.82, 2.24) is 15.1 Å². The van der Waals surface area contributed by atoms with Crippen LogP contribution in [0.1, 0.15) is 22.5 Å². The molecule has 6 nitrogen and oxygen atoms in total. The molecule has 4 aromatic rings. The second kappa shape index (κ2) is 7.92. The number of aryl methyl sites for hydroxylation is 1. The fourth-order valence-electron chi connectivity index (χ4n) is 2.87. The highest BCUT2D eigenvalue weighted by molar-refractivity contribution is 5.69. The molecule has 0 aliphatic carbocycles. The number of benzene rings is 1. The number of nitrogen functional groups attached to an aromatic ring is 1. The van der Waals surface area contributed by atoms with E-state index in [2.05, 4.69) is 27.3 Å². The highest BCUT2D eigenvalue weighted by atomic mass is 16.5. The number of nitrogens with zero attached hydrogens (tertiary/aromatic N) is 3. The Morgan fingerprint density at radius 1 is 1.00 bits per heavy atom. The van der Waals surface area contributed by atoms with Gasteiger partial charge in [-0.2, -0.15) is 0 Å². The third-order valence-corrected chi connectivity index (χ3v) is 4.32. The summed E-state index contributed by atoms with van der Waals surface area (Å²) in [7, 11) is 0. The quantitative estimate of drug-likeness (QED) is 0.546. The van der Waals surface area contributed by atoms with Gasteiger partial charge in [0.25, 0.3) is 0 Å². The molecule has 0 amide bonds. The van der Waals surface area contributed by atoms with Gasteiger partial charge >= 0.3 is 0 Å². The van der Waals surface area contributed by atoms with Crippen molar-refractivity contribution in [3.63, 3.8) is 0 Å². The molecule has 3 aromatic heterocycles. The summed E-state index contributed by atoms with van der Waals surface area (Å²) in [4.78, 5) is 8.42. The topological polar surface area (TPSA) is 87.1 Å². The summed E-state index contributed by atoms with van der Waals surface area (Å²) in [6.07, 6.45) is 2.32. The summed E-state index contributed by atoms with van der Waals surface area (Å²) in [5.41, 5.74) is 10.6. The van der Waals surface area contributed by atoms with Crippen molar-refractivity contribution in [1.29, 1.82) is 0 Å². The standard InChI is InChI=1S/C22H20N4O2/c1-15-4-2-6-21(25-15)27-14-17-9-7-16(8-10-17)12-18-13-20(28-26-18)19-5-3-11-24-22(19)23/h2-11,13H,12,14H2,1H3,(H2,23,24). The largest absolute Gasteiger partial charge is 0.473 e. The molecule has 0 unspecified atom stereocenters. The smallest absolute Gasteiger partial charge is 0.213 e. The van der Waals surface area contributed by atoms with E-state index >= 15 is 0 Å². The van der Waals surface area contributed by atoms with E-state index in [0.717, 1.165) is 28.1 Å². The highest BCUT2D eigenvalue weighted by Gasteiger charge is 2.10. The average Bonchev–Trinajstić information content (AvgIpc) is 3.16. The van der Waals surface area contributed by atoms with Gasteiger partial charge in [-0.1, -0.05) is 35.5 Å². The monoisotopic (exact) mass is 372 g/mol. The maximum Gasteiger partial charge on any atom is 0.213 e. The zero-order valence-corrected chi connectivity index (χ0v) is 15.5. The van der Waals surface area contributed by atoms with Gasteiger partial charge < -0.3 is 15.0 Å². The molecule has 0 saturated heterocycles. The van der Waals surface area contributed by atoms with Crippen molar-refractivity contribution in [3.05, 3.63) is 89.4 Å². The molecule has 0 spiro atoms. The van der Waals surface area contributed by atoms with E-state index in [-0.39, 0.29) is 0 Å².